The fraction of sp³-hybridized carbons (Fsp3) is 0.208. The third kappa shape index (κ3) is 4.63. The van der Waals surface area contributed by atoms with Gasteiger partial charge in [-0.15, -0.1) is 0 Å². The van der Waals surface area contributed by atoms with Crippen LogP contribution in [-0.4, -0.2) is 13.0 Å². The van der Waals surface area contributed by atoms with Crippen molar-refractivity contribution in [3.05, 3.63) is 91.1 Å². The van der Waals surface area contributed by atoms with Crippen LogP contribution in [-0.2, 0) is 16.1 Å². The molecule has 0 aromatic heterocycles. The summed E-state index contributed by atoms with van der Waals surface area (Å²) in [6, 6.07) is 16.2. The molecule has 1 saturated carbocycles. The normalized spacial score (nSPS) is 18.6. The summed E-state index contributed by atoms with van der Waals surface area (Å²) in [6.45, 7) is 8.14. The second-order valence-electron chi connectivity index (χ2n) is 6.75. The molecule has 0 saturated heterocycles. The molecule has 1 fully saturated rings. The fourth-order valence-corrected chi connectivity index (χ4v) is 3.27. The molecule has 0 radical (unpaired) electrons. The molecule has 2 atom stereocenters. The van der Waals surface area contributed by atoms with Crippen LogP contribution in [0.4, 0.5) is 5.69 Å². The molecule has 1 amide bonds. The van der Waals surface area contributed by atoms with Gasteiger partial charge in [0, 0.05) is 18.7 Å². The van der Waals surface area contributed by atoms with Gasteiger partial charge in [0.1, 0.15) is 0 Å². The molecule has 3 heteroatoms. The second kappa shape index (κ2) is 8.65. The van der Waals surface area contributed by atoms with Gasteiger partial charge in [-0.05, 0) is 46.7 Å². The van der Waals surface area contributed by atoms with Crippen molar-refractivity contribution >= 4 is 11.6 Å². The molecule has 27 heavy (non-hydrogen) atoms. The first-order valence-corrected chi connectivity index (χ1v) is 9.10. The maximum atomic E-state index is 12.5. The zero-order valence-electron chi connectivity index (χ0n) is 15.7. The Kier molecular flexibility index (Phi) is 6.05. The van der Waals surface area contributed by atoms with Crippen LogP contribution < -0.4 is 5.32 Å². The number of hydrogen-bond donors (Lipinski definition) is 1. The summed E-state index contributed by atoms with van der Waals surface area (Å²) >= 11 is 0. The number of methoxy groups -OCH3 is 1. The van der Waals surface area contributed by atoms with Crippen LogP contribution in [0.15, 0.2) is 85.5 Å². The van der Waals surface area contributed by atoms with Crippen LogP contribution in [0.25, 0.3) is 11.1 Å². The maximum absolute atomic E-state index is 12.5. The van der Waals surface area contributed by atoms with Gasteiger partial charge in [0.25, 0.3) is 0 Å². The first-order valence-electron chi connectivity index (χ1n) is 9.10. The Morgan fingerprint density at radius 3 is 2.26 bits per heavy atom. The highest BCUT2D eigenvalue weighted by molar-refractivity contribution is 5.95. The number of ether oxygens (including phenoxy) is 1. The molecule has 0 spiro atoms. The highest BCUT2D eigenvalue weighted by Crippen LogP contribution is 2.45. The zero-order chi connectivity index (χ0) is 19.2. The number of anilines is 1. The lowest BCUT2D eigenvalue weighted by Crippen LogP contribution is -2.15. The third-order valence-electron chi connectivity index (χ3n) is 4.85. The molecule has 3 nitrogen and oxygen atoms in total. The van der Waals surface area contributed by atoms with Crippen LogP contribution in [0.3, 0.4) is 0 Å². The largest absolute Gasteiger partial charge is 0.380 e. The average molecular weight is 359 g/mol. The predicted octanol–water partition coefficient (Wildman–Crippen LogP) is 5.37. The van der Waals surface area contributed by atoms with E-state index < -0.39 is 0 Å². The van der Waals surface area contributed by atoms with Crippen LogP contribution in [0.5, 0.6) is 0 Å². The molecule has 1 N–H and O–H groups in total. The average Bonchev–Trinajstić information content (AvgIpc) is 3.48. The van der Waals surface area contributed by atoms with Crippen LogP contribution in [0, 0.1) is 11.8 Å². The van der Waals surface area contributed by atoms with Crippen molar-refractivity contribution in [3.8, 4) is 11.1 Å². The van der Waals surface area contributed by atoms with Crippen molar-refractivity contribution in [3.63, 3.8) is 0 Å². The number of rotatable bonds is 8. The maximum Gasteiger partial charge on any atom is 0.228 e. The minimum atomic E-state index is 0.0159. The molecule has 138 valence electrons. The van der Waals surface area contributed by atoms with Crippen molar-refractivity contribution < 1.29 is 9.53 Å². The van der Waals surface area contributed by atoms with Gasteiger partial charge in [-0.25, -0.2) is 0 Å². The lowest BCUT2D eigenvalue weighted by molar-refractivity contribution is -0.117. The second-order valence-corrected chi connectivity index (χ2v) is 6.75. The minimum Gasteiger partial charge on any atom is -0.380 e. The monoisotopic (exact) mass is 359 g/mol. The van der Waals surface area contributed by atoms with Crippen molar-refractivity contribution in [2.75, 3.05) is 12.4 Å². The Balaban J connectivity index is 1.61. The van der Waals surface area contributed by atoms with E-state index in [1.807, 2.05) is 36.4 Å². The van der Waals surface area contributed by atoms with E-state index in [0.717, 1.165) is 34.4 Å². The number of amides is 1. The third-order valence-corrected chi connectivity index (χ3v) is 4.85. The molecule has 0 heterocycles. The Labute approximate surface area is 161 Å². The van der Waals surface area contributed by atoms with Crippen LogP contribution in [0.1, 0.15) is 12.0 Å². The first-order chi connectivity index (χ1) is 13.2. The molecule has 2 unspecified atom stereocenters. The number of nitrogens with one attached hydrogen (secondary N) is 1. The van der Waals surface area contributed by atoms with Gasteiger partial charge in [-0.2, -0.15) is 0 Å². The lowest BCUT2D eigenvalue weighted by atomic mass is 10.0. The Hall–Kier alpha value is -2.91. The van der Waals surface area contributed by atoms with E-state index in [0.29, 0.717) is 6.61 Å². The summed E-state index contributed by atoms with van der Waals surface area (Å²) in [5.41, 5.74) is 5.30. The van der Waals surface area contributed by atoms with Gasteiger partial charge in [-0.3, -0.25) is 4.79 Å². The quantitative estimate of drug-likeness (QED) is 0.643. The van der Waals surface area contributed by atoms with Gasteiger partial charge in [0.2, 0.25) is 5.91 Å². The highest BCUT2D eigenvalue weighted by atomic mass is 16.5. The van der Waals surface area contributed by atoms with E-state index in [4.69, 9.17) is 4.74 Å². The van der Waals surface area contributed by atoms with E-state index in [1.54, 1.807) is 13.2 Å². The fourth-order valence-electron chi connectivity index (χ4n) is 3.27. The van der Waals surface area contributed by atoms with Crippen LogP contribution >= 0.6 is 0 Å². The number of carbonyl (C=O) groups excluding carboxylic acids is 1. The highest BCUT2D eigenvalue weighted by Gasteiger charge is 2.44. The molecule has 0 bridgehead atoms. The number of hydrogen-bond acceptors (Lipinski definition) is 2. The summed E-state index contributed by atoms with van der Waals surface area (Å²) in [7, 11) is 1.69. The summed E-state index contributed by atoms with van der Waals surface area (Å²) < 4.78 is 5.14. The Bertz CT molecular complexity index is 847. The van der Waals surface area contributed by atoms with Crippen molar-refractivity contribution in [2.45, 2.75) is 13.0 Å². The molecule has 2 aromatic carbocycles. The lowest BCUT2D eigenvalue weighted by Gasteiger charge is -2.08. The molecule has 0 aliphatic heterocycles. The van der Waals surface area contributed by atoms with E-state index in [-0.39, 0.29) is 17.7 Å². The smallest absolute Gasteiger partial charge is 0.228 e. The van der Waals surface area contributed by atoms with Crippen LogP contribution in [0.2, 0.25) is 0 Å². The molecular weight excluding hydrogens is 334 g/mol. The first kappa shape index (κ1) is 18.9. The van der Waals surface area contributed by atoms with Gasteiger partial charge in [-0.1, -0.05) is 67.8 Å². The van der Waals surface area contributed by atoms with Gasteiger partial charge in [0.05, 0.1) is 6.61 Å². The molecule has 1 aliphatic rings. The minimum absolute atomic E-state index is 0.0159. The van der Waals surface area contributed by atoms with E-state index >= 15 is 0 Å². The zero-order valence-corrected chi connectivity index (χ0v) is 15.7. The molecule has 1 aliphatic carbocycles. The van der Waals surface area contributed by atoms with Crippen molar-refractivity contribution in [1.29, 1.82) is 0 Å². The molecule has 2 aromatic rings. The standard InChI is InChI=1S/C24H25NO2/c1-4-6-18(5-2)22-15-23(22)24(26)25-21-13-11-20(12-14-21)19-9-7-17(8-10-19)16-27-3/h4-14,22-23H,1-2,15-16H2,3H3,(H,25,26)/b18-6+. The van der Waals surface area contributed by atoms with Gasteiger partial charge >= 0.3 is 0 Å². The van der Waals surface area contributed by atoms with Gasteiger partial charge < -0.3 is 10.1 Å². The van der Waals surface area contributed by atoms with Crippen molar-refractivity contribution in [1.82, 2.24) is 0 Å². The van der Waals surface area contributed by atoms with Gasteiger partial charge in [0.15, 0.2) is 0 Å². The SMILES string of the molecule is C=C/C=C(\C=C)C1CC1C(=O)Nc1ccc(-c2ccc(COC)cc2)cc1. The summed E-state index contributed by atoms with van der Waals surface area (Å²) in [5.74, 6) is 0.334. The number of benzene rings is 2. The Morgan fingerprint density at radius 1 is 1.07 bits per heavy atom. The summed E-state index contributed by atoms with van der Waals surface area (Å²) in [4.78, 5) is 12.5. The molecule has 3 rings (SSSR count). The number of carbonyl (C=O) groups is 1. The van der Waals surface area contributed by atoms with Crippen molar-refractivity contribution in [2.24, 2.45) is 11.8 Å². The summed E-state index contributed by atoms with van der Waals surface area (Å²) in [5, 5.41) is 3.02. The van der Waals surface area contributed by atoms with E-state index in [2.05, 4.69) is 42.7 Å². The Morgan fingerprint density at radius 2 is 1.70 bits per heavy atom. The van der Waals surface area contributed by atoms with E-state index in [1.165, 1.54) is 0 Å². The summed E-state index contributed by atoms with van der Waals surface area (Å²) in [6.07, 6.45) is 6.35. The topological polar surface area (TPSA) is 38.3 Å². The molecular formula is C24H25NO2. The predicted molar refractivity (Wildman–Crippen MR) is 111 cm³/mol. The number of allylic oxidation sites excluding steroid dienone is 4. The van der Waals surface area contributed by atoms with E-state index in [9.17, 15) is 4.79 Å².